The number of ketones is 1. The number of methoxy groups -OCH3 is 1. The van der Waals surface area contributed by atoms with Gasteiger partial charge in [0, 0.05) is 41.3 Å². The quantitative estimate of drug-likeness (QED) is 0.0944. The number of amides is 1. The van der Waals surface area contributed by atoms with Gasteiger partial charge in [0.25, 0.3) is 17.4 Å². The van der Waals surface area contributed by atoms with E-state index in [0.717, 1.165) is 22.0 Å². The number of carbonyl (C=O) groups excluding carboxylic acids is 2. The third kappa shape index (κ3) is 5.18. The summed E-state index contributed by atoms with van der Waals surface area (Å²) in [5.41, 5.74) is 3.25. The number of ether oxygens (including phenoxy) is 1. The summed E-state index contributed by atoms with van der Waals surface area (Å²) in [6, 6.07) is 17.9. The lowest BCUT2D eigenvalue weighted by atomic mass is 9.85. The topological polar surface area (TPSA) is 126 Å². The Bertz CT molecular complexity index is 1690. The molecule has 1 aromatic heterocycles. The van der Waals surface area contributed by atoms with Crippen LogP contribution in [0, 0.1) is 10.1 Å². The molecule has 9 heteroatoms. The minimum atomic E-state index is -0.872. The summed E-state index contributed by atoms with van der Waals surface area (Å²) in [6.07, 6.45) is 2.31. The number of non-ortho nitro benzene ring substituents is 1. The van der Waals surface area contributed by atoms with Crippen LogP contribution in [0.5, 0.6) is 5.75 Å². The molecule has 1 aliphatic heterocycles. The van der Waals surface area contributed by atoms with Gasteiger partial charge < -0.3 is 19.7 Å². The number of Topliss-reactive ketones (excluding diaryl/α,β-unsaturated/α-hetero) is 1. The minimum absolute atomic E-state index is 0.0947. The maximum Gasteiger partial charge on any atom is 0.295 e. The first-order valence-corrected chi connectivity index (χ1v) is 13.3. The molecular weight excluding hydrogens is 522 g/mol. The number of carbonyl (C=O) groups is 2. The smallest absolute Gasteiger partial charge is 0.295 e. The first-order chi connectivity index (χ1) is 19.5. The number of hydrogen-bond donors (Lipinski definition) is 2. The summed E-state index contributed by atoms with van der Waals surface area (Å²) < 4.78 is 5.37. The van der Waals surface area contributed by atoms with E-state index in [4.69, 9.17) is 4.74 Å². The summed E-state index contributed by atoms with van der Waals surface area (Å²) in [5, 5.41) is 23.6. The second kappa shape index (κ2) is 10.6. The van der Waals surface area contributed by atoms with E-state index in [1.165, 1.54) is 29.2 Å². The van der Waals surface area contributed by atoms with Crippen molar-refractivity contribution >= 4 is 34.0 Å². The summed E-state index contributed by atoms with van der Waals surface area (Å²) >= 11 is 0. The molecule has 2 N–H and O–H groups in total. The number of aromatic nitrogens is 1. The fourth-order valence-electron chi connectivity index (χ4n) is 5.28. The number of aliphatic hydroxyl groups excluding tert-OH is 1. The Morgan fingerprint density at radius 2 is 1.80 bits per heavy atom. The van der Waals surface area contributed by atoms with Crippen LogP contribution in [0.2, 0.25) is 0 Å². The van der Waals surface area contributed by atoms with E-state index < -0.39 is 28.4 Å². The van der Waals surface area contributed by atoms with Gasteiger partial charge in [-0.2, -0.15) is 0 Å². The van der Waals surface area contributed by atoms with Gasteiger partial charge in [-0.1, -0.05) is 57.2 Å². The average Bonchev–Trinajstić information content (AvgIpc) is 3.48. The molecule has 0 spiro atoms. The number of aliphatic hydroxyl groups is 1. The fourth-order valence-corrected chi connectivity index (χ4v) is 5.28. The highest BCUT2D eigenvalue weighted by molar-refractivity contribution is 6.46. The van der Waals surface area contributed by atoms with E-state index >= 15 is 0 Å². The molecule has 5 rings (SSSR count). The molecule has 41 heavy (non-hydrogen) atoms. The number of rotatable bonds is 7. The van der Waals surface area contributed by atoms with E-state index in [9.17, 15) is 24.8 Å². The molecule has 1 fully saturated rings. The van der Waals surface area contributed by atoms with Crippen molar-refractivity contribution < 1.29 is 24.4 Å². The van der Waals surface area contributed by atoms with E-state index in [1.54, 1.807) is 7.11 Å². The molecule has 1 aliphatic rings. The lowest BCUT2D eigenvalue weighted by Crippen LogP contribution is -2.31. The number of fused-ring (bicyclic) bond motifs is 1. The minimum Gasteiger partial charge on any atom is -0.507 e. The van der Waals surface area contributed by atoms with Crippen LogP contribution < -0.4 is 4.74 Å². The van der Waals surface area contributed by atoms with Gasteiger partial charge in [0.1, 0.15) is 11.5 Å². The van der Waals surface area contributed by atoms with E-state index in [0.29, 0.717) is 17.7 Å². The zero-order valence-corrected chi connectivity index (χ0v) is 23.3. The second-order valence-corrected chi connectivity index (χ2v) is 11.1. The summed E-state index contributed by atoms with van der Waals surface area (Å²) in [5.74, 6) is -1.32. The molecule has 210 valence electrons. The Hall–Kier alpha value is -4.92. The van der Waals surface area contributed by atoms with Crippen LogP contribution in [-0.4, -0.2) is 45.3 Å². The molecule has 0 bridgehead atoms. The van der Waals surface area contributed by atoms with Crippen molar-refractivity contribution in [2.45, 2.75) is 38.6 Å². The van der Waals surface area contributed by atoms with Crippen LogP contribution in [0.15, 0.2) is 78.5 Å². The molecule has 0 saturated carbocycles. The van der Waals surface area contributed by atoms with Crippen molar-refractivity contribution in [2.75, 3.05) is 13.7 Å². The van der Waals surface area contributed by atoms with Crippen molar-refractivity contribution in [3.8, 4) is 5.75 Å². The number of hydrogen-bond acceptors (Lipinski definition) is 6. The SMILES string of the molecule is COc1ccc2[nH]cc(CCN3C(=O)C(=O)C(=C(O)c4cccc([N+](=O)[O-])c4)[C@H]3c3ccc(C(C)(C)C)cc3)c2c1. The normalized spacial score (nSPS) is 16.9. The Morgan fingerprint density at radius 1 is 1.07 bits per heavy atom. The molecule has 1 atom stereocenters. The van der Waals surface area contributed by atoms with E-state index in [-0.39, 0.29) is 28.8 Å². The highest BCUT2D eigenvalue weighted by Gasteiger charge is 2.46. The number of likely N-dealkylation sites (tertiary alicyclic amines) is 1. The van der Waals surface area contributed by atoms with Crippen molar-refractivity contribution in [3.63, 3.8) is 0 Å². The van der Waals surface area contributed by atoms with Crippen molar-refractivity contribution in [1.82, 2.24) is 9.88 Å². The molecule has 2 heterocycles. The van der Waals surface area contributed by atoms with Gasteiger partial charge in [-0.25, -0.2) is 0 Å². The Labute approximate surface area is 237 Å². The van der Waals surface area contributed by atoms with Gasteiger partial charge in [0.2, 0.25) is 0 Å². The first kappa shape index (κ1) is 27.6. The van der Waals surface area contributed by atoms with Crippen LogP contribution in [0.3, 0.4) is 0 Å². The number of nitro groups is 1. The lowest BCUT2D eigenvalue weighted by molar-refractivity contribution is -0.384. The van der Waals surface area contributed by atoms with Crippen LogP contribution in [-0.2, 0) is 21.4 Å². The maximum absolute atomic E-state index is 13.5. The van der Waals surface area contributed by atoms with E-state index in [1.807, 2.05) is 48.7 Å². The zero-order valence-electron chi connectivity index (χ0n) is 23.3. The van der Waals surface area contributed by atoms with Crippen LogP contribution >= 0.6 is 0 Å². The summed E-state index contributed by atoms with van der Waals surface area (Å²) in [4.78, 5) is 42.4. The van der Waals surface area contributed by atoms with Gasteiger partial charge in [0.15, 0.2) is 0 Å². The number of benzene rings is 3. The Kier molecular flexibility index (Phi) is 7.13. The lowest BCUT2D eigenvalue weighted by Gasteiger charge is -2.26. The predicted octanol–water partition coefficient (Wildman–Crippen LogP) is 6.05. The third-order valence-corrected chi connectivity index (χ3v) is 7.56. The molecule has 1 amide bonds. The van der Waals surface area contributed by atoms with Crippen LogP contribution in [0.25, 0.3) is 16.7 Å². The largest absolute Gasteiger partial charge is 0.507 e. The van der Waals surface area contributed by atoms with Crippen LogP contribution in [0.1, 0.15) is 49.1 Å². The predicted molar refractivity (Wildman–Crippen MR) is 156 cm³/mol. The summed E-state index contributed by atoms with van der Waals surface area (Å²) in [6.45, 7) is 6.47. The molecule has 0 unspecified atom stereocenters. The van der Waals surface area contributed by atoms with Gasteiger partial charge >= 0.3 is 0 Å². The molecule has 3 aromatic carbocycles. The number of nitrogens with one attached hydrogen (secondary N) is 1. The molecule has 4 aromatic rings. The fraction of sp³-hybridized carbons (Fsp3) is 0.250. The first-order valence-electron chi connectivity index (χ1n) is 13.3. The molecule has 0 aliphatic carbocycles. The molecule has 1 saturated heterocycles. The highest BCUT2D eigenvalue weighted by Crippen LogP contribution is 2.40. The average molecular weight is 554 g/mol. The molecular formula is C32H31N3O6. The Morgan fingerprint density at radius 3 is 2.46 bits per heavy atom. The number of H-pyrrole nitrogens is 1. The van der Waals surface area contributed by atoms with Gasteiger partial charge in [-0.3, -0.25) is 19.7 Å². The number of nitro benzene ring substituents is 1. The summed E-state index contributed by atoms with van der Waals surface area (Å²) in [7, 11) is 1.60. The number of nitrogens with zero attached hydrogens (tertiary/aromatic N) is 2. The van der Waals surface area contributed by atoms with Crippen molar-refractivity contribution in [1.29, 1.82) is 0 Å². The van der Waals surface area contributed by atoms with Crippen molar-refractivity contribution in [3.05, 3.63) is 111 Å². The second-order valence-electron chi connectivity index (χ2n) is 11.1. The van der Waals surface area contributed by atoms with Gasteiger partial charge in [-0.15, -0.1) is 0 Å². The standard InChI is InChI=1S/C32H31N3O6/c1-32(2,3)22-10-8-19(9-11-22)28-27(29(36)20-6-5-7-23(16-20)35(39)40)30(37)31(38)34(28)15-14-21-18-33-26-13-12-24(41-4)17-25(21)26/h5-13,16-18,28,33,36H,14-15H2,1-4H3/t28-/m1/s1. The third-order valence-electron chi connectivity index (χ3n) is 7.56. The van der Waals surface area contributed by atoms with Crippen LogP contribution in [0.4, 0.5) is 5.69 Å². The Balaban J connectivity index is 1.58. The van der Waals surface area contributed by atoms with Crippen molar-refractivity contribution in [2.24, 2.45) is 0 Å². The van der Waals surface area contributed by atoms with Gasteiger partial charge in [0.05, 0.1) is 23.6 Å². The van der Waals surface area contributed by atoms with E-state index in [2.05, 4.69) is 25.8 Å². The maximum atomic E-state index is 13.5. The molecule has 9 nitrogen and oxygen atoms in total. The number of aromatic amines is 1. The monoisotopic (exact) mass is 553 g/mol. The zero-order chi connectivity index (χ0) is 29.5. The van der Waals surface area contributed by atoms with Gasteiger partial charge in [-0.05, 0) is 46.7 Å². The molecule has 0 radical (unpaired) electrons. The highest BCUT2D eigenvalue weighted by atomic mass is 16.6.